The summed E-state index contributed by atoms with van der Waals surface area (Å²) in [5.41, 5.74) is 7.02. The van der Waals surface area contributed by atoms with Gasteiger partial charge in [0.25, 0.3) is 11.8 Å². The molecule has 0 unspecified atom stereocenters. The molecule has 8 heteroatoms. The predicted molar refractivity (Wildman–Crippen MR) is 117 cm³/mol. The summed E-state index contributed by atoms with van der Waals surface area (Å²) in [4.78, 5) is 38.2. The first kappa shape index (κ1) is 21.0. The van der Waals surface area contributed by atoms with Crippen LogP contribution in [0.1, 0.15) is 61.1 Å². The van der Waals surface area contributed by atoms with Gasteiger partial charge >= 0.3 is 5.97 Å². The lowest BCUT2D eigenvalue weighted by molar-refractivity contribution is 0.0527. The van der Waals surface area contributed by atoms with E-state index >= 15 is 0 Å². The van der Waals surface area contributed by atoms with Crippen LogP contribution in [-0.4, -0.2) is 24.4 Å². The van der Waals surface area contributed by atoms with Gasteiger partial charge in [-0.05, 0) is 42.8 Å². The molecule has 2 amide bonds. The van der Waals surface area contributed by atoms with Crippen molar-refractivity contribution in [2.45, 2.75) is 33.6 Å². The zero-order chi connectivity index (χ0) is 21.1. The van der Waals surface area contributed by atoms with Crippen LogP contribution in [0.4, 0.5) is 5.00 Å². The lowest BCUT2D eigenvalue weighted by Gasteiger charge is -2.08. The van der Waals surface area contributed by atoms with Gasteiger partial charge in [-0.15, -0.1) is 22.7 Å². The molecule has 0 aliphatic rings. The Balaban J connectivity index is 2.04. The molecule has 29 heavy (non-hydrogen) atoms. The molecule has 0 saturated carbocycles. The highest BCUT2D eigenvalue weighted by Crippen LogP contribution is 2.36. The Kier molecular flexibility index (Phi) is 6.34. The number of aryl methyl sites for hydroxylation is 1. The number of hydrogen-bond acceptors (Lipinski definition) is 6. The fourth-order valence-corrected chi connectivity index (χ4v) is 5.41. The molecule has 3 aromatic rings. The van der Waals surface area contributed by atoms with E-state index < -0.39 is 11.9 Å². The van der Waals surface area contributed by atoms with Crippen molar-refractivity contribution in [2.24, 2.45) is 5.73 Å². The first-order chi connectivity index (χ1) is 13.9. The normalized spacial score (nSPS) is 10.9. The summed E-state index contributed by atoms with van der Waals surface area (Å²) >= 11 is 2.41. The summed E-state index contributed by atoms with van der Waals surface area (Å²) in [6.45, 7) is 5.57. The van der Waals surface area contributed by atoms with Crippen LogP contribution in [-0.2, 0) is 11.2 Å². The maximum atomic E-state index is 13.1. The number of nitrogens with one attached hydrogen (secondary N) is 1. The second-order valence-corrected chi connectivity index (χ2v) is 8.53. The number of amides is 2. The SMILES string of the molecule is CCCc1c(C(=O)Nc2sc(C(N)=O)c(C)c2C(=O)OCC)sc2ccccc12. The van der Waals surface area contributed by atoms with Crippen molar-refractivity contribution < 1.29 is 19.1 Å². The molecule has 2 aromatic heterocycles. The minimum atomic E-state index is -0.646. The van der Waals surface area contributed by atoms with Crippen molar-refractivity contribution in [3.8, 4) is 0 Å². The van der Waals surface area contributed by atoms with Crippen molar-refractivity contribution in [3.05, 3.63) is 50.7 Å². The van der Waals surface area contributed by atoms with Gasteiger partial charge in [0.05, 0.1) is 21.9 Å². The molecule has 0 atom stereocenters. The van der Waals surface area contributed by atoms with Crippen LogP contribution in [0, 0.1) is 6.92 Å². The Morgan fingerprint density at radius 3 is 2.48 bits per heavy atom. The molecule has 0 aliphatic carbocycles. The molecule has 2 heterocycles. The van der Waals surface area contributed by atoms with E-state index in [1.54, 1.807) is 13.8 Å². The zero-order valence-corrected chi connectivity index (χ0v) is 18.1. The standard InChI is InChI=1S/C21H22N2O4S2/c1-4-8-13-12-9-6-7-10-14(12)28-17(13)19(25)23-20-15(21(26)27-5-2)11(3)16(29-20)18(22)24/h6-7,9-10H,4-5,8H2,1-3H3,(H2,22,24)(H,23,25). The van der Waals surface area contributed by atoms with Crippen LogP contribution >= 0.6 is 22.7 Å². The van der Waals surface area contributed by atoms with E-state index in [0.29, 0.717) is 10.4 Å². The van der Waals surface area contributed by atoms with E-state index in [1.807, 2.05) is 24.3 Å². The predicted octanol–water partition coefficient (Wildman–Crippen LogP) is 4.75. The number of hydrogen-bond donors (Lipinski definition) is 2. The van der Waals surface area contributed by atoms with Gasteiger partial charge in [0, 0.05) is 4.70 Å². The Hall–Kier alpha value is -2.71. The molecular weight excluding hydrogens is 408 g/mol. The lowest BCUT2D eigenvalue weighted by Crippen LogP contribution is -2.15. The van der Waals surface area contributed by atoms with Crippen LogP contribution < -0.4 is 11.1 Å². The zero-order valence-electron chi connectivity index (χ0n) is 16.5. The van der Waals surface area contributed by atoms with E-state index in [2.05, 4.69) is 12.2 Å². The maximum absolute atomic E-state index is 13.1. The minimum Gasteiger partial charge on any atom is -0.462 e. The number of thiophene rings is 2. The third-order valence-electron chi connectivity index (χ3n) is 4.48. The number of esters is 1. The van der Waals surface area contributed by atoms with Crippen molar-refractivity contribution >= 4 is 55.5 Å². The van der Waals surface area contributed by atoms with Crippen molar-refractivity contribution in [3.63, 3.8) is 0 Å². The van der Waals surface area contributed by atoms with Gasteiger partial charge in [0.2, 0.25) is 0 Å². The quantitative estimate of drug-likeness (QED) is 0.528. The molecule has 0 aliphatic heterocycles. The van der Waals surface area contributed by atoms with E-state index in [0.717, 1.165) is 39.8 Å². The third-order valence-corrected chi connectivity index (χ3v) is 6.92. The fourth-order valence-electron chi connectivity index (χ4n) is 3.23. The number of benzene rings is 1. The van der Waals surface area contributed by atoms with Crippen molar-refractivity contribution in [1.29, 1.82) is 0 Å². The Morgan fingerprint density at radius 2 is 1.83 bits per heavy atom. The Labute approximate surface area is 176 Å². The number of anilines is 1. The van der Waals surface area contributed by atoms with Gasteiger partial charge < -0.3 is 15.8 Å². The number of nitrogens with two attached hydrogens (primary N) is 1. The number of carbonyl (C=O) groups excluding carboxylic acids is 3. The number of fused-ring (bicyclic) bond motifs is 1. The highest BCUT2D eigenvalue weighted by Gasteiger charge is 2.27. The summed E-state index contributed by atoms with van der Waals surface area (Å²) in [6, 6.07) is 7.89. The number of carbonyl (C=O) groups is 3. The van der Waals surface area contributed by atoms with Gasteiger partial charge in [-0.3, -0.25) is 9.59 Å². The Bertz CT molecular complexity index is 1100. The van der Waals surface area contributed by atoms with E-state index in [9.17, 15) is 14.4 Å². The Morgan fingerprint density at radius 1 is 1.10 bits per heavy atom. The van der Waals surface area contributed by atoms with Gasteiger partial charge in [0.15, 0.2) is 0 Å². The number of rotatable bonds is 7. The lowest BCUT2D eigenvalue weighted by atomic mass is 10.1. The molecule has 6 nitrogen and oxygen atoms in total. The highest BCUT2D eigenvalue weighted by atomic mass is 32.1. The minimum absolute atomic E-state index is 0.178. The molecule has 3 rings (SSSR count). The number of primary amides is 1. The summed E-state index contributed by atoms with van der Waals surface area (Å²) in [6.07, 6.45) is 1.67. The molecule has 1 aromatic carbocycles. The average Bonchev–Trinajstić information content (AvgIpc) is 3.20. The second-order valence-electron chi connectivity index (χ2n) is 6.46. The number of ether oxygens (including phenoxy) is 1. The molecule has 0 fully saturated rings. The van der Waals surface area contributed by atoms with E-state index in [4.69, 9.17) is 10.5 Å². The largest absolute Gasteiger partial charge is 0.462 e. The second kappa shape index (κ2) is 8.75. The summed E-state index contributed by atoms with van der Waals surface area (Å²) < 4.78 is 6.14. The van der Waals surface area contributed by atoms with E-state index in [1.165, 1.54) is 11.3 Å². The summed E-state index contributed by atoms with van der Waals surface area (Å²) in [7, 11) is 0. The first-order valence-corrected chi connectivity index (χ1v) is 10.9. The van der Waals surface area contributed by atoms with Crippen LogP contribution in [0.5, 0.6) is 0 Å². The molecule has 0 bridgehead atoms. The molecule has 0 radical (unpaired) electrons. The maximum Gasteiger partial charge on any atom is 0.341 e. The smallest absolute Gasteiger partial charge is 0.341 e. The summed E-state index contributed by atoms with van der Waals surface area (Å²) in [5, 5.41) is 4.17. The van der Waals surface area contributed by atoms with Crippen LogP contribution in [0.15, 0.2) is 24.3 Å². The molecule has 0 spiro atoms. The van der Waals surface area contributed by atoms with Crippen molar-refractivity contribution in [2.75, 3.05) is 11.9 Å². The summed E-state index contributed by atoms with van der Waals surface area (Å²) in [5.74, 6) is -1.54. The molecule has 3 N–H and O–H groups in total. The van der Waals surface area contributed by atoms with E-state index in [-0.39, 0.29) is 28.0 Å². The third kappa shape index (κ3) is 4.04. The molecule has 0 saturated heterocycles. The van der Waals surface area contributed by atoms with Gasteiger partial charge in [-0.25, -0.2) is 4.79 Å². The average molecular weight is 431 g/mol. The fraction of sp³-hybridized carbons (Fsp3) is 0.286. The topological polar surface area (TPSA) is 98.5 Å². The van der Waals surface area contributed by atoms with Crippen LogP contribution in [0.25, 0.3) is 10.1 Å². The van der Waals surface area contributed by atoms with Gasteiger partial charge in [-0.1, -0.05) is 31.5 Å². The van der Waals surface area contributed by atoms with Crippen LogP contribution in [0.2, 0.25) is 0 Å². The van der Waals surface area contributed by atoms with Gasteiger partial charge in [0.1, 0.15) is 5.00 Å². The first-order valence-electron chi connectivity index (χ1n) is 9.31. The highest BCUT2D eigenvalue weighted by molar-refractivity contribution is 7.21. The van der Waals surface area contributed by atoms with Crippen molar-refractivity contribution in [1.82, 2.24) is 0 Å². The molecule has 152 valence electrons. The monoisotopic (exact) mass is 430 g/mol. The van der Waals surface area contributed by atoms with Gasteiger partial charge in [-0.2, -0.15) is 0 Å². The molecular formula is C21H22N2O4S2. The van der Waals surface area contributed by atoms with Crippen LogP contribution in [0.3, 0.4) is 0 Å².